The van der Waals surface area contributed by atoms with Gasteiger partial charge in [-0.3, -0.25) is 4.79 Å². The van der Waals surface area contributed by atoms with Gasteiger partial charge >= 0.3 is 0 Å². The Morgan fingerprint density at radius 2 is 1.02 bits per heavy atom. The fourth-order valence-electron chi connectivity index (χ4n) is 6.15. The summed E-state index contributed by atoms with van der Waals surface area (Å²) in [5.41, 5.74) is 1.65. The molecule has 1 N–H and O–H groups in total. The first-order valence-corrected chi connectivity index (χ1v) is 19.8. The lowest BCUT2D eigenvalue weighted by molar-refractivity contribution is -0.679. The summed E-state index contributed by atoms with van der Waals surface area (Å²) in [6, 6.07) is 11.6. The minimum absolute atomic E-state index is 0.100. The number of hydrogen-bond donors (Lipinski definition) is 1. The van der Waals surface area contributed by atoms with E-state index in [-0.39, 0.29) is 5.91 Å². The second-order valence-electron chi connectivity index (χ2n) is 13.6. The molecule has 0 fully saturated rings. The van der Waals surface area contributed by atoms with Gasteiger partial charge in [0.05, 0.1) is 13.2 Å². The second kappa shape index (κ2) is 28.5. The third-order valence-corrected chi connectivity index (χ3v) is 9.31. The number of pyridine rings is 1. The molecular formula is C42H71N2O3+. The van der Waals surface area contributed by atoms with Gasteiger partial charge in [0, 0.05) is 17.7 Å². The van der Waals surface area contributed by atoms with Crippen molar-refractivity contribution in [2.24, 2.45) is 7.05 Å². The van der Waals surface area contributed by atoms with Crippen LogP contribution in [0.5, 0.6) is 11.5 Å². The van der Waals surface area contributed by atoms with Crippen LogP contribution in [0.4, 0.5) is 0 Å². The molecule has 0 radical (unpaired) electrons. The quantitative estimate of drug-likeness (QED) is 0.0652. The summed E-state index contributed by atoms with van der Waals surface area (Å²) in [5, 5.41) is 3.06. The molecule has 0 saturated heterocycles. The van der Waals surface area contributed by atoms with Gasteiger partial charge in [0.2, 0.25) is 0 Å². The largest absolute Gasteiger partial charge is 0.490 e. The number of amides is 1. The molecule has 0 aliphatic rings. The third-order valence-electron chi connectivity index (χ3n) is 9.31. The number of ether oxygens (including phenoxy) is 2. The van der Waals surface area contributed by atoms with Gasteiger partial charge in [-0.2, -0.15) is 0 Å². The van der Waals surface area contributed by atoms with Crippen molar-refractivity contribution in [3.05, 3.63) is 53.9 Å². The van der Waals surface area contributed by atoms with Gasteiger partial charge in [-0.05, 0) is 31.0 Å². The standard InChI is InChI=1S/C42H70N2O3/c1-4-6-8-10-12-14-16-18-20-22-24-28-34-46-40-32-31-38(42(45)43-37-39-30-26-27-33-44(39)3)36-41(40)47-35-29-25-23-21-19-17-15-13-11-9-7-5-2/h26-27,30-33,36H,4-25,28-29,34-35,37H2,1-3H3/p+1. The Morgan fingerprint density at radius 1 is 0.574 bits per heavy atom. The molecule has 1 amide bonds. The summed E-state index contributed by atoms with van der Waals surface area (Å²) >= 11 is 0. The van der Waals surface area contributed by atoms with E-state index < -0.39 is 0 Å². The van der Waals surface area contributed by atoms with Crippen LogP contribution in [-0.4, -0.2) is 19.1 Å². The lowest BCUT2D eigenvalue weighted by Crippen LogP contribution is -2.36. The molecule has 2 aromatic rings. The Labute approximate surface area is 289 Å². The molecule has 47 heavy (non-hydrogen) atoms. The van der Waals surface area contributed by atoms with E-state index in [1.165, 1.54) is 141 Å². The van der Waals surface area contributed by atoms with Crippen molar-refractivity contribution in [1.82, 2.24) is 5.32 Å². The maximum Gasteiger partial charge on any atom is 0.251 e. The Morgan fingerprint density at radius 3 is 1.49 bits per heavy atom. The molecule has 0 unspecified atom stereocenters. The molecule has 1 heterocycles. The van der Waals surface area contributed by atoms with Crippen LogP contribution in [0, 0.1) is 0 Å². The average Bonchev–Trinajstić information content (AvgIpc) is 3.08. The van der Waals surface area contributed by atoms with E-state index in [0.29, 0.717) is 31.1 Å². The molecular weight excluding hydrogens is 580 g/mol. The second-order valence-corrected chi connectivity index (χ2v) is 13.6. The zero-order valence-corrected chi connectivity index (χ0v) is 30.8. The first-order valence-electron chi connectivity index (χ1n) is 19.8. The number of rotatable bonds is 31. The van der Waals surface area contributed by atoms with Gasteiger partial charge in [0.15, 0.2) is 23.4 Å². The van der Waals surface area contributed by atoms with Crippen LogP contribution < -0.4 is 19.4 Å². The molecule has 1 aromatic carbocycles. The number of unbranched alkanes of at least 4 members (excludes halogenated alkanes) is 22. The lowest BCUT2D eigenvalue weighted by Gasteiger charge is -2.14. The van der Waals surface area contributed by atoms with Crippen molar-refractivity contribution < 1.29 is 18.8 Å². The lowest BCUT2D eigenvalue weighted by atomic mass is 10.1. The zero-order chi connectivity index (χ0) is 33.6. The molecule has 0 aliphatic heterocycles. The van der Waals surface area contributed by atoms with Crippen molar-refractivity contribution in [3.8, 4) is 11.5 Å². The normalized spacial score (nSPS) is 11.1. The Balaban J connectivity index is 1.73. The number of nitrogens with zero attached hydrogens (tertiary/aromatic N) is 1. The van der Waals surface area contributed by atoms with Crippen LogP contribution in [-0.2, 0) is 13.6 Å². The van der Waals surface area contributed by atoms with Crippen LogP contribution in [0.25, 0.3) is 0 Å². The van der Waals surface area contributed by atoms with E-state index in [1.807, 2.05) is 54.2 Å². The topological polar surface area (TPSA) is 51.4 Å². The summed E-state index contributed by atoms with van der Waals surface area (Å²) in [6.45, 7) is 6.37. The fourth-order valence-corrected chi connectivity index (χ4v) is 6.15. The van der Waals surface area contributed by atoms with Gasteiger partial charge < -0.3 is 14.8 Å². The monoisotopic (exact) mass is 652 g/mol. The molecule has 0 spiro atoms. The van der Waals surface area contributed by atoms with E-state index >= 15 is 0 Å². The van der Waals surface area contributed by atoms with Gasteiger partial charge in [-0.15, -0.1) is 0 Å². The predicted molar refractivity (Wildman–Crippen MR) is 198 cm³/mol. The highest BCUT2D eigenvalue weighted by molar-refractivity contribution is 5.94. The van der Waals surface area contributed by atoms with Crippen molar-refractivity contribution in [3.63, 3.8) is 0 Å². The average molecular weight is 652 g/mol. The van der Waals surface area contributed by atoms with Crippen LogP contribution in [0.2, 0.25) is 0 Å². The first-order chi connectivity index (χ1) is 23.2. The molecule has 0 bridgehead atoms. The van der Waals surface area contributed by atoms with E-state index in [0.717, 1.165) is 24.3 Å². The fraction of sp³-hybridized carbons (Fsp3) is 0.714. The highest BCUT2D eigenvalue weighted by Crippen LogP contribution is 2.29. The van der Waals surface area contributed by atoms with Gasteiger partial charge in [-0.1, -0.05) is 161 Å². The van der Waals surface area contributed by atoms with Crippen molar-refractivity contribution in [2.75, 3.05) is 13.2 Å². The molecule has 1 aromatic heterocycles. The molecule has 266 valence electrons. The number of nitrogens with one attached hydrogen (secondary N) is 1. The molecule has 2 rings (SSSR count). The van der Waals surface area contributed by atoms with E-state index in [2.05, 4.69) is 19.2 Å². The van der Waals surface area contributed by atoms with E-state index in [4.69, 9.17) is 9.47 Å². The highest BCUT2D eigenvalue weighted by atomic mass is 16.5. The maximum absolute atomic E-state index is 13.1. The summed E-state index contributed by atoms with van der Waals surface area (Å²) in [5.74, 6) is 1.33. The SMILES string of the molecule is CCCCCCCCCCCCCCOc1ccc(C(=O)NCc2cccc[n+]2C)cc1OCCCCCCCCCCCCCC. The smallest absolute Gasteiger partial charge is 0.251 e. The number of aromatic nitrogens is 1. The Kier molecular flexibility index (Phi) is 24.6. The number of benzene rings is 1. The summed E-state index contributed by atoms with van der Waals surface area (Å²) in [7, 11) is 1.99. The van der Waals surface area contributed by atoms with Crippen molar-refractivity contribution in [1.29, 1.82) is 0 Å². The van der Waals surface area contributed by atoms with Gasteiger partial charge in [-0.25, -0.2) is 4.57 Å². The Bertz CT molecular complexity index is 1040. The minimum atomic E-state index is -0.100. The van der Waals surface area contributed by atoms with Crippen LogP contribution >= 0.6 is 0 Å². The molecule has 5 nitrogen and oxygen atoms in total. The molecule has 0 atom stereocenters. The Hall–Kier alpha value is -2.56. The highest BCUT2D eigenvalue weighted by Gasteiger charge is 2.14. The molecule has 0 saturated carbocycles. The number of carbonyl (C=O) groups is 1. The van der Waals surface area contributed by atoms with Crippen LogP contribution in [0.3, 0.4) is 0 Å². The predicted octanol–water partition coefficient (Wildman–Crippen LogP) is 11.6. The number of hydrogen-bond acceptors (Lipinski definition) is 3. The third kappa shape index (κ3) is 20.4. The number of carbonyl (C=O) groups excluding carboxylic acids is 1. The van der Waals surface area contributed by atoms with Gasteiger partial charge in [0.25, 0.3) is 5.91 Å². The van der Waals surface area contributed by atoms with Crippen molar-refractivity contribution in [2.45, 2.75) is 174 Å². The first kappa shape index (κ1) is 40.6. The maximum atomic E-state index is 13.1. The summed E-state index contributed by atoms with van der Waals surface area (Å²) in [4.78, 5) is 13.1. The van der Waals surface area contributed by atoms with E-state index in [9.17, 15) is 4.79 Å². The number of aryl methyl sites for hydroxylation is 1. The zero-order valence-electron chi connectivity index (χ0n) is 30.8. The van der Waals surface area contributed by atoms with E-state index in [1.54, 1.807) is 0 Å². The summed E-state index contributed by atoms with van der Waals surface area (Å²) < 4.78 is 14.5. The van der Waals surface area contributed by atoms with Crippen molar-refractivity contribution >= 4 is 5.91 Å². The summed E-state index contributed by atoms with van der Waals surface area (Å²) in [6.07, 6.45) is 33.8. The minimum Gasteiger partial charge on any atom is -0.490 e. The molecule has 5 heteroatoms. The van der Waals surface area contributed by atoms with Crippen LogP contribution in [0.1, 0.15) is 184 Å². The van der Waals surface area contributed by atoms with Gasteiger partial charge in [0.1, 0.15) is 13.6 Å². The van der Waals surface area contributed by atoms with Crippen LogP contribution in [0.15, 0.2) is 42.6 Å². The molecule has 0 aliphatic carbocycles.